The molecule has 2 aromatic carbocycles. The largest absolute Gasteiger partial charge is 0.489 e. The summed E-state index contributed by atoms with van der Waals surface area (Å²) >= 11 is 6.19. The van der Waals surface area contributed by atoms with E-state index in [-0.39, 0.29) is 0 Å². The third kappa shape index (κ3) is 4.79. The van der Waals surface area contributed by atoms with Crippen molar-refractivity contribution in [1.29, 1.82) is 0 Å². The lowest BCUT2D eigenvalue weighted by molar-refractivity contribution is 0.305. The Bertz CT molecular complexity index is 732. The zero-order valence-electron chi connectivity index (χ0n) is 15.2. The van der Waals surface area contributed by atoms with E-state index in [9.17, 15) is 0 Å². The molecule has 1 unspecified atom stereocenters. The summed E-state index contributed by atoms with van der Waals surface area (Å²) in [6, 6.07) is 17.1. The Kier molecular flexibility index (Phi) is 5.78. The van der Waals surface area contributed by atoms with Crippen LogP contribution in [0.15, 0.2) is 48.5 Å². The number of nitrogens with one attached hydrogen (secondary N) is 1. The van der Waals surface area contributed by atoms with Crippen molar-refractivity contribution in [2.45, 2.75) is 38.5 Å². The first-order valence-electron chi connectivity index (χ1n) is 9.68. The molecule has 1 aliphatic carbocycles. The zero-order valence-corrected chi connectivity index (χ0v) is 15.9. The SMILES string of the molecule is Clc1ccccc1COc1cccc(CNCC2CCN(C3CC3)C2)c1. The predicted octanol–water partition coefficient (Wildman–Crippen LogP) is 4.49. The van der Waals surface area contributed by atoms with Crippen LogP contribution in [0.3, 0.4) is 0 Å². The summed E-state index contributed by atoms with van der Waals surface area (Å²) in [4.78, 5) is 2.68. The van der Waals surface area contributed by atoms with E-state index in [1.807, 2.05) is 30.3 Å². The van der Waals surface area contributed by atoms with Gasteiger partial charge in [-0.25, -0.2) is 0 Å². The lowest BCUT2D eigenvalue weighted by atomic mass is 10.1. The molecule has 4 rings (SSSR count). The number of halogens is 1. The average molecular weight is 371 g/mol. The number of hydrogen-bond acceptors (Lipinski definition) is 3. The highest BCUT2D eigenvalue weighted by molar-refractivity contribution is 6.31. The molecule has 0 bridgehead atoms. The standard InChI is InChI=1S/C22H27ClN2O/c23-22-7-2-1-5-19(22)16-26-21-6-3-4-17(12-21)13-24-14-18-10-11-25(15-18)20-8-9-20/h1-7,12,18,20,24H,8-11,13-16H2. The van der Waals surface area contributed by atoms with E-state index < -0.39 is 0 Å². The van der Waals surface area contributed by atoms with Gasteiger partial charge in [0.15, 0.2) is 0 Å². The predicted molar refractivity (Wildman–Crippen MR) is 107 cm³/mol. The smallest absolute Gasteiger partial charge is 0.120 e. The number of benzene rings is 2. The molecule has 1 aliphatic heterocycles. The third-order valence-electron chi connectivity index (χ3n) is 5.39. The van der Waals surface area contributed by atoms with E-state index in [0.717, 1.165) is 41.4 Å². The van der Waals surface area contributed by atoms with Gasteiger partial charge in [0.1, 0.15) is 12.4 Å². The monoisotopic (exact) mass is 370 g/mol. The summed E-state index contributed by atoms with van der Waals surface area (Å²) in [6.07, 6.45) is 4.17. The van der Waals surface area contributed by atoms with Gasteiger partial charge < -0.3 is 15.0 Å². The summed E-state index contributed by atoms with van der Waals surface area (Å²) in [7, 11) is 0. The molecule has 0 spiro atoms. The van der Waals surface area contributed by atoms with Gasteiger partial charge in [-0.3, -0.25) is 0 Å². The molecule has 1 saturated carbocycles. The highest BCUT2D eigenvalue weighted by Gasteiger charge is 2.33. The topological polar surface area (TPSA) is 24.5 Å². The van der Waals surface area contributed by atoms with Crippen LogP contribution in [0.25, 0.3) is 0 Å². The second-order valence-corrected chi connectivity index (χ2v) is 7.95. The zero-order chi connectivity index (χ0) is 17.8. The minimum Gasteiger partial charge on any atom is -0.489 e. The first-order valence-corrected chi connectivity index (χ1v) is 10.1. The van der Waals surface area contributed by atoms with Crippen molar-refractivity contribution >= 4 is 11.6 Å². The maximum Gasteiger partial charge on any atom is 0.120 e. The van der Waals surface area contributed by atoms with Gasteiger partial charge in [-0.2, -0.15) is 0 Å². The Morgan fingerprint density at radius 3 is 2.81 bits per heavy atom. The Balaban J connectivity index is 1.23. The van der Waals surface area contributed by atoms with E-state index in [4.69, 9.17) is 16.3 Å². The Morgan fingerprint density at radius 1 is 1.08 bits per heavy atom. The average Bonchev–Trinajstić information content (AvgIpc) is 3.41. The molecule has 1 saturated heterocycles. The molecule has 26 heavy (non-hydrogen) atoms. The van der Waals surface area contributed by atoms with Gasteiger partial charge in [0, 0.05) is 29.7 Å². The van der Waals surface area contributed by atoms with Gasteiger partial charge in [-0.1, -0.05) is 41.9 Å². The molecule has 0 amide bonds. The summed E-state index contributed by atoms with van der Waals surface area (Å²) in [5.74, 6) is 1.69. The quantitative estimate of drug-likeness (QED) is 0.740. The molecule has 0 radical (unpaired) electrons. The molecule has 2 aliphatic rings. The van der Waals surface area contributed by atoms with Crippen LogP contribution < -0.4 is 10.1 Å². The summed E-state index contributed by atoms with van der Waals surface area (Å²) in [5, 5.41) is 4.38. The molecule has 3 nitrogen and oxygen atoms in total. The van der Waals surface area contributed by atoms with E-state index >= 15 is 0 Å². The van der Waals surface area contributed by atoms with Crippen LogP contribution in [0.4, 0.5) is 0 Å². The van der Waals surface area contributed by atoms with Crippen molar-refractivity contribution in [2.24, 2.45) is 5.92 Å². The number of nitrogens with zero attached hydrogens (tertiary/aromatic N) is 1. The van der Waals surface area contributed by atoms with Crippen molar-refractivity contribution < 1.29 is 4.74 Å². The fourth-order valence-corrected chi connectivity index (χ4v) is 3.93. The lowest BCUT2D eigenvalue weighted by Gasteiger charge is -2.15. The summed E-state index contributed by atoms with van der Waals surface area (Å²) < 4.78 is 5.92. The molecule has 138 valence electrons. The van der Waals surface area contributed by atoms with Crippen molar-refractivity contribution in [1.82, 2.24) is 10.2 Å². The van der Waals surface area contributed by atoms with Crippen LogP contribution >= 0.6 is 11.6 Å². The minimum atomic E-state index is 0.496. The molecule has 2 aromatic rings. The van der Waals surface area contributed by atoms with Gasteiger partial charge in [0.25, 0.3) is 0 Å². The van der Waals surface area contributed by atoms with E-state index in [1.54, 1.807) is 0 Å². The maximum atomic E-state index is 6.19. The van der Waals surface area contributed by atoms with Crippen LogP contribution in [-0.2, 0) is 13.2 Å². The van der Waals surface area contributed by atoms with Crippen LogP contribution in [0, 0.1) is 5.92 Å². The summed E-state index contributed by atoms with van der Waals surface area (Å²) in [5.41, 5.74) is 2.28. The highest BCUT2D eigenvalue weighted by atomic mass is 35.5. The van der Waals surface area contributed by atoms with Crippen LogP contribution in [0.5, 0.6) is 5.75 Å². The molecular formula is C22H27ClN2O. The van der Waals surface area contributed by atoms with Gasteiger partial charge in [0.05, 0.1) is 0 Å². The first kappa shape index (κ1) is 17.8. The molecule has 1 heterocycles. The summed E-state index contributed by atoms with van der Waals surface area (Å²) in [6.45, 7) is 5.06. The number of likely N-dealkylation sites (tertiary alicyclic amines) is 1. The Hall–Kier alpha value is -1.55. The number of ether oxygens (including phenoxy) is 1. The van der Waals surface area contributed by atoms with Crippen molar-refractivity contribution in [3.63, 3.8) is 0 Å². The molecule has 2 fully saturated rings. The Labute approximate surface area is 161 Å². The third-order valence-corrected chi connectivity index (χ3v) is 5.76. The van der Waals surface area contributed by atoms with Gasteiger partial charge in [-0.05, 0) is 62.0 Å². The number of hydrogen-bond donors (Lipinski definition) is 1. The molecule has 1 N–H and O–H groups in total. The van der Waals surface area contributed by atoms with Crippen molar-refractivity contribution in [3.8, 4) is 5.75 Å². The van der Waals surface area contributed by atoms with Crippen LogP contribution in [0.1, 0.15) is 30.4 Å². The minimum absolute atomic E-state index is 0.496. The van der Waals surface area contributed by atoms with E-state index in [1.165, 1.54) is 37.9 Å². The molecule has 0 aromatic heterocycles. The van der Waals surface area contributed by atoms with Gasteiger partial charge in [-0.15, -0.1) is 0 Å². The lowest BCUT2D eigenvalue weighted by Crippen LogP contribution is -2.27. The highest BCUT2D eigenvalue weighted by Crippen LogP contribution is 2.31. The second kappa shape index (κ2) is 8.43. The molecule has 4 heteroatoms. The molecule has 1 atom stereocenters. The Morgan fingerprint density at radius 2 is 1.96 bits per heavy atom. The fourth-order valence-electron chi connectivity index (χ4n) is 3.74. The van der Waals surface area contributed by atoms with Crippen LogP contribution in [0.2, 0.25) is 5.02 Å². The van der Waals surface area contributed by atoms with E-state index in [2.05, 4.69) is 28.4 Å². The van der Waals surface area contributed by atoms with E-state index in [0.29, 0.717) is 6.61 Å². The first-order chi connectivity index (χ1) is 12.8. The maximum absolute atomic E-state index is 6.19. The fraction of sp³-hybridized carbons (Fsp3) is 0.455. The van der Waals surface area contributed by atoms with Gasteiger partial charge >= 0.3 is 0 Å². The van der Waals surface area contributed by atoms with Gasteiger partial charge in [0.2, 0.25) is 0 Å². The van der Waals surface area contributed by atoms with Crippen LogP contribution in [-0.4, -0.2) is 30.6 Å². The normalized spacial score (nSPS) is 20.4. The molecular weight excluding hydrogens is 344 g/mol. The van der Waals surface area contributed by atoms with Crippen molar-refractivity contribution in [2.75, 3.05) is 19.6 Å². The number of rotatable bonds is 8. The van der Waals surface area contributed by atoms with Crippen molar-refractivity contribution in [3.05, 3.63) is 64.7 Å². The second-order valence-electron chi connectivity index (χ2n) is 7.54.